The second-order valence-electron chi connectivity index (χ2n) is 4.48. The maximum Gasteiger partial charge on any atom is 0.328 e. The van der Waals surface area contributed by atoms with Gasteiger partial charge in [0, 0.05) is 11.5 Å². The van der Waals surface area contributed by atoms with Crippen molar-refractivity contribution in [3.8, 4) is 0 Å². The third-order valence-corrected chi connectivity index (χ3v) is 3.18. The SMILES string of the molecule is CCOC(=O)[C@@H](C)n1c(=O)cc(C)c2ccccc21. The number of rotatable bonds is 3. The summed E-state index contributed by atoms with van der Waals surface area (Å²) in [5.41, 5.74) is 1.48. The molecule has 2 aromatic rings. The van der Waals surface area contributed by atoms with Gasteiger partial charge in [-0.05, 0) is 32.4 Å². The molecule has 19 heavy (non-hydrogen) atoms. The Bertz CT molecular complexity index is 673. The van der Waals surface area contributed by atoms with Crippen molar-refractivity contribution < 1.29 is 9.53 Å². The lowest BCUT2D eigenvalue weighted by Crippen LogP contribution is -2.29. The van der Waals surface area contributed by atoms with Crippen LogP contribution in [0.25, 0.3) is 10.9 Å². The molecule has 1 aromatic carbocycles. The summed E-state index contributed by atoms with van der Waals surface area (Å²) in [4.78, 5) is 24.0. The number of hydrogen-bond acceptors (Lipinski definition) is 3. The summed E-state index contributed by atoms with van der Waals surface area (Å²) in [6, 6.07) is 8.49. The summed E-state index contributed by atoms with van der Waals surface area (Å²) < 4.78 is 6.48. The molecule has 4 heteroatoms. The molecule has 2 rings (SSSR count). The molecule has 0 amide bonds. The van der Waals surface area contributed by atoms with Gasteiger partial charge in [0.15, 0.2) is 0 Å². The second kappa shape index (κ2) is 5.26. The summed E-state index contributed by atoms with van der Waals surface area (Å²) in [7, 11) is 0. The van der Waals surface area contributed by atoms with Gasteiger partial charge in [0.2, 0.25) is 0 Å². The van der Waals surface area contributed by atoms with Gasteiger partial charge in [-0.15, -0.1) is 0 Å². The van der Waals surface area contributed by atoms with Gasteiger partial charge in [0.1, 0.15) is 6.04 Å². The van der Waals surface area contributed by atoms with Crippen LogP contribution in [-0.2, 0) is 9.53 Å². The van der Waals surface area contributed by atoms with Crippen LogP contribution in [0.2, 0.25) is 0 Å². The number of hydrogen-bond donors (Lipinski definition) is 0. The monoisotopic (exact) mass is 259 g/mol. The van der Waals surface area contributed by atoms with E-state index in [-0.39, 0.29) is 5.56 Å². The van der Waals surface area contributed by atoms with Crippen LogP contribution in [0.5, 0.6) is 0 Å². The second-order valence-corrected chi connectivity index (χ2v) is 4.48. The zero-order valence-electron chi connectivity index (χ0n) is 11.3. The highest BCUT2D eigenvalue weighted by Crippen LogP contribution is 2.19. The van der Waals surface area contributed by atoms with E-state index in [0.717, 1.165) is 16.5 Å². The number of esters is 1. The fourth-order valence-electron chi connectivity index (χ4n) is 2.24. The van der Waals surface area contributed by atoms with E-state index in [9.17, 15) is 9.59 Å². The van der Waals surface area contributed by atoms with Crippen molar-refractivity contribution in [2.24, 2.45) is 0 Å². The summed E-state index contributed by atoms with van der Waals surface area (Å²) in [6.07, 6.45) is 0. The van der Waals surface area contributed by atoms with Crippen LogP contribution in [-0.4, -0.2) is 17.1 Å². The molecule has 0 saturated carbocycles. The number of nitrogens with zero attached hydrogens (tertiary/aromatic N) is 1. The van der Waals surface area contributed by atoms with Crippen molar-refractivity contribution in [2.45, 2.75) is 26.8 Å². The molecule has 0 bridgehead atoms. The van der Waals surface area contributed by atoms with Crippen molar-refractivity contribution in [2.75, 3.05) is 6.61 Å². The molecule has 4 nitrogen and oxygen atoms in total. The molecule has 0 aliphatic rings. The summed E-state index contributed by atoms with van der Waals surface area (Å²) >= 11 is 0. The van der Waals surface area contributed by atoms with E-state index in [1.165, 1.54) is 4.57 Å². The van der Waals surface area contributed by atoms with Crippen molar-refractivity contribution in [1.29, 1.82) is 0 Å². The lowest BCUT2D eigenvalue weighted by atomic mass is 10.1. The van der Waals surface area contributed by atoms with Crippen molar-refractivity contribution in [1.82, 2.24) is 4.57 Å². The van der Waals surface area contributed by atoms with E-state index in [0.29, 0.717) is 6.61 Å². The van der Waals surface area contributed by atoms with E-state index in [1.54, 1.807) is 19.9 Å². The van der Waals surface area contributed by atoms with E-state index in [2.05, 4.69) is 0 Å². The maximum atomic E-state index is 12.2. The lowest BCUT2D eigenvalue weighted by molar-refractivity contribution is -0.146. The fraction of sp³-hybridized carbons (Fsp3) is 0.333. The van der Waals surface area contributed by atoms with E-state index in [4.69, 9.17) is 4.74 Å². The number of carbonyl (C=O) groups is 1. The molecule has 1 heterocycles. The Hall–Kier alpha value is -2.10. The van der Waals surface area contributed by atoms with Crippen molar-refractivity contribution in [3.05, 3.63) is 46.2 Å². The van der Waals surface area contributed by atoms with E-state index in [1.807, 2.05) is 31.2 Å². The minimum absolute atomic E-state index is 0.184. The number of aromatic nitrogens is 1. The quantitative estimate of drug-likeness (QED) is 0.795. The van der Waals surface area contributed by atoms with Gasteiger partial charge in [0.25, 0.3) is 5.56 Å². The summed E-state index contributed by atoms with van der Waals surface area (Å²) in [6.45, 7) is 5.63. The molecule has 0 aliphatic carbocycles. The number of ether oxygens (including phenoxy) is 1. The van der Waals surface area contributed by atoms with Crippen molar-refractivity contribution in [3.63, 3.8) is 0 Å². The molecular formula is C15H17NO3. The number of benzene rings is 1. The van der Waals surface area contributed by atoms with Crippen LogP contribution in [0, 0.1) is 6.92 Å². The fourth-order valence-corrected chi connectivity index (χ4v) is 2.24. The van der Waals surface area contributed by atoms with Crippen LogP contribution in [0.15, 0.2) is 35.1 Å². The molecular weight excluding hydrogens is 242 g/mol. The van der Waals surface area contributed by atoms with Crippen LogP contribution in [0.4, 0.5) is 0 Å². The number of para-hydroxylation sites is 1. The minimum Gasteiger partial charge on any atom is -0.464 e. The smallest absolute Gasteiger partial charge is 0.328 e. The number of carbonyl (C=O) groups excluding carboxylic acids is 1. The molecule has 0 radical (unpaired) electrons. The van der Waals surface area contributed by atoms with Gasteiger partial charge in [-0.25, -0.2) is 4.79 Å². The van der Waals surface area contributed by atoms with Crippen LogP contribution >= 0.6 is 0 Å². The van der Waals surface area contributed by atoms with Gasteiger partial charge >= 0.3 is 5.97 Å². The Morgan fingerprint density at radius 3 is 2.74 bits per heavy atom. The Labute approximate surface area is 111 Å². The highest BCUT2D eigenvalue weighted by Gasteiger charge is 2.19. The molecule has 0 N–H and O–H groups in total. The van der Waals surface area contributed by atoms with Crippen LogP contribution in [0.3, 0.4) is 0 Å². The average molecular weight is 259 g/mol. The zero-order valence-corrected chi connectivity index (χ0v) is 11.3. The van der Waals surface area contributed by atoms with Gasteiger partial charge < -0.3 is 4.74 Å². The number of aryl methyl sites for hydroxylation is 1. The van der Waals surface area contributed by atoms with Gasteiger partial charge in [0.05, 0.1) is 12.1 Å². The topological polar surface area (TPSA) is 48.3 Å². The van der Waals surface area contributed by atoms with E-state index >= 15 is 0 Å². The molecule has 1 atom stereocenters. The Morgan fingerprint density at radius 2 is 2.05 bits per heavy atom. The molecule has 0 fully saturated rings. The molecule has 0 aliphatic heterocycles. The van der Waals surface area contributed by atoms with Gasteiger partial charge in [-0.1, -0.05) is 18.2 Å². The third kappa shape index (κ3) is 2.38. The molecule has 0 saturated heterocycles. The Morgan fingerprint density at radius 1 is 1.37 bits per heavy atom. The zero-order chi connectivity index (χ0) is 14.0. The molecule has 0 unspecified atom stereocenters. The van der Waals surface area contributed by atoms with Gasteiger partial charge in [-0.3, -0.25) is 9.36 Å². The van der Waals surface area contributed by atoms with Crippen LogP contribution < -0.4 is 5.56 Å². The number of fused-ring (bicyclic) bond motifs is 1. The highest BCUT2D eigenvalue weighted by molar-refractivity contribution is 5.84. The predicted molar refractivity (Wildman–Crippen MR) is 74.3 cm³/mol. The summed E-state index contributed by atoms with van der Waals surface area (Å²) in [5, 5.41) is 0.971. The number of pyridine rings is 1. The van der Waals surface area contributed by atoms with E-state index < -0.39 is 12.0 Å². The first-order valence-corrected chi connectivity index (χ1v) is 6.33. The molecule has 0 spiro atoms. The molecule has 100 valence electrons. The maximum absolute atomic E-state index is 12.2. The largest absolute Gasteiger partial charge is 0.464 e. The third-order valence-electron chi connectivity index (χ3n) is 3.18. The van der Waals surface area contributed by atoms with Crippen LogP contribution in [0.1, 0.15) is 25.5 Å². The summed E-state index contributed by atoms with van der Waals surface area (Å²) in [5.74, 6) is -0.390. The van der Waals surface area contributed by atoms with Crippen molar-refractivity contribution >= 4 is 16.9 Å². The first-order chi connectivity index (χ1) is 9.06. The first kappa shape index (κ1) is 13.3. The standard InChI is InChI=1S/C15H17NO3/c1-4-19-15(18)11(3)16-13-8-6-5-7-12(13)10(2)9-14(16)17/h5-9,11H,4H2,1-3H3/t11-/m1/s1. The normalized spacial score (nSPS) is 12.4. The molecule has 1 aromatic heterocycles. The highest BCUT2D eigenvalue weighted by atomic mass is 16.5. The first-order valence-electron chi connectivity index (χ1n) is 6.33. The van der Waals surface area contributed by atoms with Gasteiger partial charge in [-0.2, -0.15) is 0 Å². The minimum atomic E-state index is -0.627. The average Bonchev–Trinajstić information content (AvgIpc) is 2.39. The lowest BCUT2D eigenvalue weighted by Gasteiger charge is -2.17. The Balaban J connectivity index is 2.66. The Kier molecular flexibility index (Phi) is 3.69. The predicted octanol–water partition coefficient (Wildman–Crippen LogP) is 2.43.